The first-order valence-electron chi connectivity index (χ1n) is 8.92. The number of hydrogen-bond donors (Lipinski definition) is 1. The molecule has 0 aliphatic carbocycles. The van der Waals surface area contributed by atoms with Gasteiger partial charge >= 0.3 is 0 Å². The first kappa shape index (κ1) is 20.3. The Bertz CT molecular complexity index is 1020. The Labute approximate surface area is 169 Å². The smallest absolute Gasteiger partial charge is 0.255 e. The monoisotopic (exact) mass is 417 g/mol. The van der Waals surface area contributed by atoms with Crippen molar-refractivity contribution in [2.75, 3.05) is 18.4 Å². The lowest BCUT2D eigenvalue weighted by atomic mass is 10.0. The molecule has 1 fully saturated rings. The molecule has 0 aromatic heterocycles. The molecule has 28 heavy (non-hydrogen) atoms. The lowest BCUT2D eigenvalue weighted by Crippen LogP contribution is -2.37. The molecule has 1 amide bonds. The standard InChI is InChI=1S/C20H20ClN3O3S/c1-14-8-10-24(11-9-14)28(26,27)18-6-3-15(4-7-18)20(25)23-17-5-2-16(13-22)19(21)12-17/h2-7,12,14H,8-11H2,1H3,(H,23,25). The van der Waals surface area contributed by atoms with Gasteiger partial charge in [0.2, 0.25) is 10.0 Å². The number of carbonyl (C=O) groups excluding carboxylic acids is 1. The molecule has 8 heteroatoms. The minimum atomic E-state index is -3.55. The molecule has 1 aliphatic heterocycles. The number of sulfonamides is 1. The minimum Gasteiger partial charge on any atom is -0.322 e. The highest BCUT2D eigenvalue weighted by molar-refractivity contribution is 7.89. The van der Waals surface area contributed by atoms with Crippen LogP contribution in [-0.2, 0) is 10.0 Å². The number of piperidine rings is 1. The number of nitriles is 1. The Morgan fingerprint density at radius 1 is 1.18 bits per heavy atom. The fourth-order valence-corrected chi connectivity index (χ4v) is 4.73. The van der Waals surface area contributed by atoms with Gasteiger partial charge in [-0.3, -0.25) is 4.79 Å². The summed E-state index contributed by atoms with van der Waals surface area (Å²) in [6.45, 7) is 3.16. The van der Waals surface area contributed by atoms with Gasteiger partial charge in [0, 0.05) is 24.3 Å². The Balaban J connectivity index is 1.72. The normalized spacial score (nSPS) is 15.8. The number of halogens is 1. The van der Waals surface area contributed by atoms with Crippen molar-refractivity contribution in [3.63, 3.8) is 0 Å². The fraction of sp³-hybridized carbons (Fsp3) is 0.300. The van der Waals surface area contributed by atoms with Crippen molar-refractivity contribution in [1.29, 1.82) is 5.26 Å². The zero-order valence-corrected chi connectivity index (χ0v) is 16.9. The average molecular weight is 418 g/mol. The van der Waals surface area contributed by atoms with Crippen LogP contribution in [0.3, 0.4) is 0 Å². The minimum absolute atomic E-state index is 0.181. The number of rotatable bonds is 4. The van der Waals surface area contributed by atoms with Crippen LogP contribution in [0.2, 0.25) is 5.02 Å². The first-order valence-corrected chi connectivity index (χ1v) is 10.7. The summed E-state index contributed by atoms with van der Waals surface area (Å²) in [4.78, 5) is 12.6. The molecule has 3 rings (SSSR count). The van der Waals surface area contributed by atoms with E-state index in [0.717, 1.165) is 12.8 Å². The van der Waals surface area contributed by atoms with E-state index in [2.05, 4.69) is 12.2 Å². The van der Waals surface area contributed by atoms with Crippen LogP contribution in [0.25, 0.3) is 0 Å². The summed E-state index contributed by atoms with van der Waals surface area (Å²) >= 11 is 5.97. The predicted molar refractivity (Wildman–Crippen MR) is 108 cm³/mol. The van der Waals surface area contributed by atoms with E-state index >= 15 is 0 Å². The first-order chi connectivity index (χ1) is 13.3. The van der Waals surface area contributed by atoms with Crippen molar-refractivity contribution in [3.8, 4) is 6.07 Å². The van der Waals surface area contributed by atoms with Crippen molar-refractivity contribution in [2.45, 2.75) is 24.7 Å². The van der Waals surface area contributed by atoms with Gasteiger partial charge in [-0.25, -0.2) is 8.42 Å². The lowest BCUT2D eigenvalue weighted by molar-refractivity contribution is 0.102. The SMILES string of the molecule is CC1CCN(S(=O)(=O)c2ccc(C(=O)Nc3ccc(C#N)c(Cl)c3)cc2)CC1. The number of hydrogen-bond acceptors (Lipinski definition) is 4. The molecular weight excluding hydrogens is 398 g/mol. The third kappa shape index (κ3) is 4.36. The summed E-state index contributed by atoms with van der Waals surface area (Å²) in [6, 6.07) is 12.4. The van der Waals surface area contributed by atoms with E-state index in [9.17, 15) is 13.2 Å². The van der Waals surface area contributed by atoms with E-state index in [1.54, 1.807) is 6.07 Å². The molecule has 0 saturated carbocycles. The van der Waals surface area contributed by atoms with Crippen LogP contribution in [-0.4, -0.2) is 31.7 Å². The molecule has 6 nitrogen and oxygen atoms in total. The van der Waals surface area contributed by atoms with Gasteiger partial charge in [0.25, 0.3) is 5.91 Å². The summed E-state index contributed by atoms with van der Waals surface area (Å²) < 4.78 is 27.0. The van der Waals surface area contributed by atoms with Gasteiger partial charge < -0.3 is 5.32 Å². The van der Waals surface area contributed by atoms with E-state index < -0.39 is 15.9 Å². The topological polar surface area (TPSA) is 90.3 Å². The molecule has 1 N–H and O–H groups in total. The second-order valence-corrected chi connectivity index (χ2v) is 9.22. The van der Waals surface area contributed by atoms with Crippen molar-refractivity contribution < 1.29 is 13.2 Å². The number of anilines is 1. The summed E-state index contributed by atoms with van der Waals surface area (Å²) in [6.07, 6.45) is 1.71. The summed E-state index contributed by atoms with van der Waals surface area (Å²) in [5.74, 6) is 0.143. The zero-order valence-electron chi connectivity index (χ0n) is 15.4. The van der Waals surface area contributed by atoms with Crippen LogP contribution < -0.4 is 5.32 Å². The van der Waals surface area contributed by atoms with Gasteiger partial charge in [0.05, 0.1) is 15.5 Å². The number of nitrogens with zero attached hydrogens (tertiary/aromatic N) is 2. The average Bonchev–Trinajstić information content (AvgIpc) is 2.68. The molecule has 146 valence electrons. The quantitative estimate of drug-likeness (QED) is 0.817. The summed E-state index contributed by atoms with van der Waals surface area (Å²) in [7, 11) is -3.55. The van der Waals surface area contributed by atoms with Crippen molar-refractivity contribution in [1.82, 2.24) is 4.31 Å². The Hall–Kier alpha value is -2.40. The Morgan fingerprint density at radius 2 is 1.82 bits per heavy atom. The van der Waals surface area contributed by atoms with Crippen LogP contribution in [0.15, 0.2) is 47.4 Å². The van der Waals surface area contributed by atoms with Gasteiger partial charge in [0.1, 0.15) is 6.07 Å². The maximum Gasteiger partial charge on any atom is 0.255 e. The second kappa shape index (κ2) is 8.31. The van der Waals surface area contributed by atoms with Gasteiger partial charge in [0.15, 0.2) is 0 Å². The maximum atomic E-state index is 12.7. The van der Waals surface area contributed by atoms with Crippen LogP contribution in [0, 0.1) is 17.2 Å². The largest absolute Gasteiger partial charge is 0.322 e. The van der Waals surface area contributed by atoms with Crippen LogP contribution in [0.4, 0.5) is 5.69 Å². The number of amides is 1. The van der Waals surface area contributed by atoms with E-state index in [4.69, 9.17) is 16.9 Å². The Morgan fingerprint density at radius 3 is 2.39 bits per heavy atom. The van der Waals surface area contributed by atoms with Crippen molar-refractivity contribution in [2.24, 2.45) is 5.92 Å². The van der Waals surface area contributed by atoms with Crippen LogP contribution in [0.1, 0.15) is 35.7 Å². The van der Waals surface area contributed by atoms with Gasteiger partial charge in [-0.2, -0.15) is 9.57 Å². The summed E-state index contributed by atoms with van der Waals surface area (Å²) in [5.41, 5.74) is 1.10. The number of benzene rings is 2. The lowest BCUT2D eigenvalue weighted by Gasteiger charge is -2.29. The molecule has 0 unspecified atom stereocenters. The molecule has 1 heterocycles. The van der Waals surface area contributed by atoms with Crippen molar-refractivity contribution in [3.05, 3.63) is 58.6 Å². The molecule has 2 aromatic carbocycles. The highest BCUT2D eigenvalue weighted by Gasteiger charge is 2.28. The third-order valence-corrected chi connectivity index (χ3v) is 7.07. The number of nitrogens with one attached hydrogen (secondary N) is 1. The third-order valence-electron chi connectivity index (χ3n) is 4.84. The molecule has 2 aromatic rings. The molecule has 1 aliphatic rings. The second-order valence-electron chi connectivity index (χ2n) is 6.87. The maximum absolute atomic E-state index is 12.7. The Kier molecular flexibility index (Phi) is 6.04. The molecule has 0 atom stereocenters. The van der Waals surface area contributed by atoms with E-state index in [-0.39, 0.29) is 9.92 Å². The van der Waals surface area contributed by atoms with E-state index in [0.29, 0.717) is 35.8 Å². The van der Waals surface area contributed by atoms with Gasteiger partial charge in [-0.1, -0.05) is 18.5 Å². The fourth-order valence-electron chi connectivity index (χ4n) is 3.04. The number of carbonyl (C=O) groups is 1. The molecule has 0 bridgehead atoms. The summed E-state index contributed by atoms with van der Waals surface area (Å²) in [5, 5.41) is 11.8. The van der Waals surface area contributed by atoms with E-state index in [1.165, 1.54) is 40.7 Å². The molecule has 1 saturated heterocycles. The van der Waals surface area contributed by atoms with Crippen molar-refractivity contribution >= 4 is 33.2 Å². The van der Waals surface area contributed by atoms with Gasteiger partial charge in [-0.05, 0) is 61.2 Å². The molecule has 0 spiro atoms. The van der Waals surface area contributed by atoms with E-state index in [1.807, 2.05) is 6.07 Å². The highest BCUT2D eigenvalue weighted by Crippen LogP contribution is 2.24. The zero-order chi connectivity index (χ0) is 20.3. The van der Waals surface area contributed by atoms with Gasteiger partial charge in [-0.15, -0.1) is 0 Å². The molecule has 0 radical (unpaired) electrons. The predicted octanol–water partition coefficient (Wildman–Crippen LogP) is 3.88. The highest BCUT2D eigenvalue weighted by atomic mass is 35.5. The van der Waals surface area contributed by atoms with Crippen LogP contribution >= 0.6 is 11.6 Å². The molecular formula is C20H20ClN3O3S. The van der Waals surface area contributed by atoms with Crippen LogP contribution in [0.5, 0.6) is 0 Å².